The molecule has 0 aromatic carbocycles. The molecule has 46 valence electrons. The van der Waals surface area contributed by atoms with Gasteiger partial charge < -0.3 is 34.0 Å². The van der Waals surface area contributed by atoms with Gasteiger partial charge in [-0.15, -0.1) is 0 Å². The second-order valence-electron chi connectivity index (χ2n) is 3.00. The van der Waals surface area contributed by atoms with E-state index in [-0.39, 0.29) is 34.0 Å². The molecule has 0 amide bonds. The monoisotopic (exact) mass is 338 g/mol. The molecule has 0 nitrogen and oxygen atoms in total. The van der Waals surface area contributed by atoms with Crippen molar-refractivity contribution >= 4 is 22.5 Å². The quantitative estimate of drug-likeness (QED) is 0.387. The van der Waals surface area contributed by atoms with E-state index in [4.69, 9.17) is 0 Å². The summed E-state index contributed by atoms with van der Waals surface area (Å²) in [7, 11) is 0. The van der Waals surface area contributed by atoms with Crippen LogP contribution in [-0.2, 0) is 0 Å². The smallest absolute Gasteiger partial charge is 1.00 e. The molecule has 0 heterocycles. The molecule has 0 atom stereocenters. The van der Waals surface area contributed by atoms with Crippen LogP contribution in [0.1, 0.15) is 20.8 Å². The summed E-state index contributed by atoms with van der Waals surface area (Å²) in [4.78, 5) is 0. The Kier molecular flexibility index (Phi) is 13.4. The number of hydrogen-bond acceptors (Lipinski definition) is 0. The Bertz CT molecular complexity index is 25.2. The number of halogens is 2. The first-order valence-electron chi connectivity index (χ1n) is 2.00. The van der Waals surface area contributed by atoms with E-state index in [1.807, 2.05) is 0 Å². The van der Waals surface area contributed by atoms with E-state index in [2.05, 4.69) is 20.8 Å². The van der Waals surface area contributed by atoms with Crippen molar-refractivity contribution in [3.8, 4) is 0 Å². The van der Waals surface area contributed by atoms with E-state index >= 15 is 0 Å². The number of hydrogen-bond donors (Lipinski definition) is 0. The summed E-state index contributed by atoms with van der Waals surface area (Å²) in [5, 5.41) is 0. The van der Waals surface area contributed by atoms with Gasteiger partial charge >= 0.3 is 46.7 Å². The Morgan fingerprint density at radius 3 is 1.00 bits per heavy atom. The third-order valence-electron chi connectivity index (χ3n) is 0. The van der Waals surface area contributed by atoms with E-state index in [1.165, 1.54) is 0 Å². The van der Waals surface area contributed by atoms with Crippen molar-refractivity contribution in [2.45, 2.75) is 24.2 Å². The van der Waals surface area contributed by atoms with Crippen LogP contribution in [0, 0.1) is 0 Å². The molecule has 0 rings (SSSR count). The molecular weight excluding hydrogens is 327 g/mol. The fourth-order valence-electron chi connectivity index (χ4n) is 0. The maximum Gasteiger partial charge on any atom is -1.00 e. The molecule has 3 heteroatoms. The minimum absolute atomic E-state index is 0. The van der Waals surface area contributed by atoms with Crippen molar-refractivity contribution in [1.29, 1.82) is 0 Å². The minimum atomic E-state index is 0. The topological polar surface area (TPSA) is 0 Å². The van der Waals surface area contributed by atoms with Crippen molar-refractivity contribution in [1.82, 2.24) is 0 Å². The van der Waals surface area contributed by atoms with Gasteiger partial charge in [0.25, 0.3) is 0 Å². The summed E-state index contributed by atoms with van der Waals surface area (Å²) in [6.07, 6.45) is 0. The molecule has 0 aliphatic rings. The van der Waals surface area contributed by atoms with Crippen LogP contribution in [0.2, 0.25) is 3.43 Å². The number of rotatable bonds is 0. The van der Waals surface area contributed by atoms with Crippen LogP contribution in [-0.4, -0.2) is 22.5 Å². The molecule has 0 aliphatic carbocycles. The Morgan fingerprint density at radius 1 is 1.00 bits per heavy atom. The molecule has 0 fully saturated rings. The summed E-state index contributed by atoms with van der Waals surface area (Å²) in [6.45, 7) is 6.84. The first kappa shape index (κ1) is 15.9. The van der Waals surface area contributed by atoms with Gasteiger partial charge in [-0.05, 0) is 0 Å². The van der Waals surface area contributed by atoms with E-state index < -0.39 is 0 Å². The Labute approximate surface area is 80.1 Å². The van der Waals surface area contributed by atoms with Gasteiger partial charge in [-0.2, -0.15) is 0 Å². The van der Waals surface area contributed by atoms with E-state index in [1.54, 1.807) is 0 Å². The van der Waals surface area contributed by atoms with Crippen LogP contribution in [0.15, 0.2) is 0 Å². The van der Waals surface area contributed by atoms with Gasteiger partial charge in [-0.3, -0.25) is 0 Å². The fraction of sp³-hybridized carbons (Fsp3) is 1.00. The Morgan fingerprint density at radius 2 is 1.00 bits per heavy atom. The summed E-state index contributed by atoms with van der Waals surface area (Å²) in [5.74, 6) is 0. The Hall–Kier alpha value is 1.76. The molecule has 2 radical (unpaired) electrons. The molecule has 0 unspecified atom stereocenters. The van der Waals surface area contributed by atoms with Crippen LogP contribution in [0.5, 0.6) is 0 Å². The zero-order valence-corrected chi connectivity index (χ0v) is 14.1. The zero-order valence-electron chi connectivity index (χ0n) is 5.26. The summed E-state index contributed by atoms with van der Waals surface area (Å²) >= 11 is 0.857. The molecule has 0 bridgehead atoms. The van der Waals surface area contributed by atoms with Gasteiger partial charge in [-0.1, -0.05) is 0 Å². The summed E-state index contributed by atoms with van der Waals surface area (Å²) in [5.41, 5.74) is 0. The first-order chi connectivity index (χ1) is 2.00. The van der Waals surface area contributed by atoms with Gasteiger partial charge in [0.05, 0.1) is 0 Å². The average Bonchev–Trinajstić information content (AvgIpc) is 0.722. The van der Waals surface area contributed by atoms with E-state index in [9.17, 15) is 0 Å². The maximum atomic E-state index is 2.28. The SMILES string of the molecule is C[C](C)(C)[SnH3+2].[Br-].[Br-]. The summed E-state index contributed by atoms with van der Waals surface area (Å²) in [6, 6.07) is 0. The molecule has 0 saturated heterocycles. The predicted octanol–water partition coefficient (Wildman–Crippen LogP) is -5.42. The second kappa shape index (κ2) is 5.89. The van der Waals surface area contributed by atoms with Crippen LogP contribution in [0.3, 0.4) is 0 Å². The molecule has 0 spiro atoms. The molecule has 0 aromatic heterocycles. The predicted molar refractivity (Wildman–Crippen MR) is 29.7 cm³/mol. The first-order valence-corrected chi connectivity index (χ1v) is 4.85. The third kappa shape index (κ3) is 83.2. The van der Waals surface area contributed by atoms with Crippen molar-refractivity contribution < 1.29 is 34.0 Å². The molecule has 0 aliphatic heterocycles. The van der Waals surface area contributed by atoms with Crippen LogP contribution in [0.4, 0.5) is 0 Å². The van der Waals surface area contributed by atoms with Crippen molar-refractivity contribution in [2.75, 3.05) is 0 Å². The fourth-order valence-corrected chi connectivity index (χ4v) is 0. The van der Waals surface area contributed by atoms with E-state index in [0.717, 1.165) is 22.5 Å². The van der Waals surface area contributed by atoms with Gasteiger partial charge in [-0.25, -0.2) is 0 Å². The van der Waals surface area contributed by atoms with Gasteiger partial charge in [0, 0.05) is 0 Å². The molecule has 0 saturated carbocycles. The average molecular weight is 339 g/mol. The van der Waals surface area contributed by atoms with Gasteiger partial charge in [0.1, 0.15) is 0 Å². The van der Waals surface area contributed by atoms with Crippen LogP contribution >= 0.6 is 0 Å². The molecule has 7 heavy (non-hydrogen) atoms. The normalized spacial score (nSPS) is 9.00. The van der Waals surface area contributed by atoms with Crippen LogP contribution in [0.25, 0.3) is 0 Å². The molecular formula is C4H12Br2Sn. The van der Waals surface area contributed by atoms with Crippen molar-refractivity contribution in [3.63, 3.8) is 0 Å². The molecule has 0 aromatic rings. The van der Waals surface area contributed by atoms with Gasteiger partial charge in [0.15, 0.2) is 0 Å². The third-order valence-corrected chi connectivity index (χ3v) is 0. The largest absolute Gasteiger partial charge is 1.00 e. The standard InChI is InChI=1S/C4H9.2BrH.Sn.3H/c1-4(2)3;;;;;;/h1-3H3;2*1H;;;;/q;;;+2;;;/p-2. The Balaban J connectivity index is -0.0000000800. The molecule has 0 N–H and O–H groups in total. The summed E-state index contributed by atoms with van der Waals surface area (Å²) < 4.78 is 0.710. The minimum Gasteiger partial charge on any atom is -1.00 e. The van der Waals surface area contributed by atoms with Crippen LogP contribution < -0.4 is 34.0 Å². The zero-order chi connectivity index (χ0) is 4.50. The second-order valence-corrected chi connectivity index (χ2v) is 11.6. The van der Waals surface area contributed by atoms with Gasteiger partial charge in [0.2, 0.25) is 0 Å². The van der Waals surface area contributed by atoms with E-state index in [0.29, 0.717) is 3.43 Å². The van der Waals surface area contributed by atoms with Crippen molar-refractivity contribution in [3.05, 3.63) is 0 Å². The maximum absolute atomic E-state index is 2.28. The van der Waals surface area contributed by atoms with Crippen molar-refractivity contribution in [2.24, 2.45) is 0 Å².